The van der Waals surface area contributed by atoms with Crippen molar-refractivity contribution < 1.29 is 0 Å². The summed E-state index contributed by atoms with van der Waals surface area (Å²) in [5.74, 6) is 0.730. The van der Waals surface area contributed by atoms with Crippen molar-refractivity contribution in [2.24, 2.45) is 5.92 Å². The van der Waals surface area contributed by atoms with Crippen LogP contribution in [0.5, 0.6) is 0 Å². The highest BCUT2D eigenvalue weighted by molar-refractivity contribution is 9.09. The number of alkyl halides is 1. The second kappa shape index (κ2) is 4.27. The van der Waals surface area contributed by atoms with E-state index in [1.165, 1.54) is 11.3 Å². The van der Waals surface area contributed by atoms with E-state index in [-0.39, 0.29) is 0 Å². The minimum atomic E-state index is 0.549. The van der Waals surface area contributed by atoms with Crippen molar-refractivity contribution in [2.45, 2.75) is 25.1 Å². The highest BCUT2D eigenvalue weighted by Gasteiger charge is 2.14. The predicted molar refractivity (Wildman–Crippen MR) is 55.4 cm³/mol. The standard InChI is InChI=1S/C9H13BrS/c1-3-7(2)9(10)8-5-4-6-11-8/h4-7,9H,3H2,1-2H3. The Morgan fingerprint density at radius 1 is 1.64 bits per heavy atom. The molecule has 11 heavy (non-hydrogen) atoms. The van der Waals surface area contributed by atoms with E-state index in [1.54, 1.807) is 0 Å². The van der Waals surface area contributed by atoms with Crippen LogP contribution in [-0.2, 0) is 0 Å². The van der Waals surface area contributed by atoms with Crippen molar-refractivity contribution in [2.75, 3.05) is 0 Å². The molecule has 62 valence electrons. The fourth-order valence-electron chi connectivity index (χ4n) is 0.936. The summed E-state index contributed by atoms with van der Waals surface area (Å²) in [6.45, 7) is 4.51. The highest BCUT2D eigenvalue weighted by Crippen LogP contribution is 2.35. The van der Waals surface area contributed by atoms with Gasteiger partial charge < -0.3 is 0 Å². The van der Waals surface area contributed by atoms with Gasteiger partial charge in [0.25, 0.3) is 0 Å². The normalized spacial score (nSPS) is 16.3. The molecule has 0 saturated carbocycles. The SMILES string of the molecule is CCC(C)C(Br)c1cccs1. The molecule has 0 saturated heterocycles. The lowest BCUT2D eigenvalue weighted by atomic mass is 10.0. The van der Waals surface area contributed by atoms with E-state index in [4.69, 9.17) is 0 Å². The van der Waals surface area contributed by atoms with Crippen LogP contribution in [0.15, 0.2) is 17.5 Å². The fourth-order valence-corrected chi connectivity index (χ4v) is 2.62. The first-order valence-corrected chi connectivity index (χ1v) is 5.72. The Morgan fingerprint density at radius 2 is 2.36 bits per heavy atom. The van der Waals surface area contributed by atoms with Crippen molar-refractivity contribution in [3.05, 3.63) is 22.4 Å². The molecule has 2 unspecified atom stereocenters. The second-order valence-corrected chi connectivity index (χ2v) is 4.77. The van der Waals surface area contributed by atoms with Crippen LogP contribution in [-0.4, -0.2) is 0 Å². The number of thiophene rings is 1. The molecule has 0 aromatic carbocycles. The number of halogens is 1. The topological polar surface area (TPSA) is 0 Å². The van der Waals surface area contributed by atoms with Gasteiger partial charge >= 0.3 is 0 Å². The quantitative estimate of drug-likeness (QED) is 0.685. The Bertz CT molecular complexity index is 193. The largest absolute Gasteiger partial charge is 0.148 e. The van der Waals surface area contributed by atoms with E-state index in [2.05, 4.69) is 47.3 Å². The number of hydrogen-bond acceptors (Lipinski definition) is 1. The van der Waals surface area contributed by atoms with Crippen LogP contribution in [0, 0.1) is 5.92 Å². The molecule has 0 amide bonds. The smallest absolute Gasteiger partial charge is 0.0514 e. The van der Waals surface area contributed by atoms with Crippen LogP contribution < -0.4 is 0 Å². The van der Waals surface area contributed by atoms with E-state index in [9.17, 15) is 0 Å². The zero-order chi connectivity index (χ0) is 8.27. The van der Waals surface area contributed by atoms with Gasteiger partial charge in [0.05, 0.1) is 4.83 Å². The summed E-state index contributed by atoms with van der Waals surface area (Å²) in [5.41, 5.74) is 0. The second-order valence-electron chi connectivity index (χ2n) is 2.80. The lowest BCUT2D eigenvalue weighted by molar-refractivity contribution is 0.560. The van der Waals surface area contributed by atoms with Crippen molar-refractivity contribution in [1.82, 2.24) is 0 Å². The van der Waals surface area contributed by atoms with Crippen LogP contribution >= 0.6 is 27.3 Å². The van der Waals surface area contributed by atoms with Crippen LogP contribution in [0.4, 0.5) is 0 Å². The third kappa shape index (κ3) is 2.31. The van der Waals surface area contributed by atoms with Gasteiger partial charge in [-0.15, -0.1) is 11.3 Å². The number of rotatable bonds is 3. The Balaban J connectivity index is 2.62. The highest BCUT2D eigenvalue weighted by atomic mass is 79.9. The molecule has 2 heteroatoms. The molecule has 0 aliphatic carbocycles. The van der Waals surface area contributed by atoms with Gasteiger partial charge in [-0.3, -0.25) is 0 Å². The van der Waals surface area contributed by atoms with Crippen molar-refractivity contribution in [1.29, 1.82) is 0 Å². The van der Waals surface area contributed by atoms with Gasteiger partial charge in [0.15, 0.2) is 0 Å². The number of hydrogen-bond donors (Lipinski definition) is 0. The summed E-state index contributed by atoms with van der Waals surface area (Å²) in [4.78, 5) is 1.99. The summed E-state index contributed by atoms with van der Waals surface area (Å²) in [6.07, 6.45) is 1.23. The maximum atomic E-state index is 3.70. The van der Waals surface area contributed by atoms with Crippen LogP contribution in [0.3, 0.4) is 0 Å². The first-order chi connectivity index (χ1) is 5.25. The molecule has 0 bridgehead atoms. The first kappa shape index (κ1) is 9.27. The molecule has 0 aliphatic heterocycles. The van der Waals surface area contributed by atoms with Crippen LogP contribution in [0.1, 0.15) is 30.0 Å². The minimum absolute atomic E-state index is 0.549. The molecule has 0 radical (unpaired) electrons. The molecule has 1 aromatic heterocycles. The van der Waals surface area contributed by atoms with E-state index in [0.29, 0.717) is 4.83 Å². The average molecular weight is 233 g/mol. The van der Waals surface area contributed by atoms with Gasteiger partial charge in [-0.25, -0.2) is 0 Å². The zero-order valence-electron chi connectivity index (χ0n) is 6.88. The molecule has 0 aliphatic rings. The average Bonchev–Trinajstić information content (AvgIpc) is 2.53. The maximum absolute atomic E-state index is 3.70. The van der Waals surface area contributed by atoms with Crippen LogP contribution in [0.2, 0.25) is 0 Å². The Labute approximate surface area is 80.8 Å². The van der Waals surface area contributed by atoms with Gasteiger partial charge in [-0.2, -0.15) is 0 Å². The Kier molecular flexibility index (Phi) is 3.60. The summed E-state index contributed by atoms with van der Waals surface area (Å²) in [5, 5.41) is 2.13. The fraction of sp³-hybridized carbons (Fsp3) is 0.556. The molecule has 0 N–H and O–H groups in total. The molecule has 0 nitrogen and oxygen atoms in total. The monoisotopic (exact) mass is 232 g/mol. The molecule has 0 fully saturated rings. The summed E-state index contributed by atoms with van der Waals surface area (Å²) < 4.78 is 0. The van der Waals surface area contributed by atoms with Crippen LogP contribution in [0.25, 0.3) is 0 Å². The Hall–Kier alpha value is 0.180. The molecule has 1 heterocycles. The Morgan fingerprint density at radius 3 is 2.82 bits per heavy atom. The van der Waals surface area contributed by atoms with E-state index in [0.717, 1.165) is 5.92 Å². The molecule has 1 aromatic rings. The maximum Gasteiger partial charge on any atom is 0.0514 e. The predicted octanol–water partition coefficient (Wildman–Crippen LogP) is 4.23. The third-order valence-corrected chi connectivity index (χ3v) is 4.61. The lowest BCUT2D eigenvalue weighted by Crippen LogP contribution is -1.99. The molecule has 0 spiro atoms. The van der Waals surface area contributed by atoms with Gasteiger partial charge in [0.2, 0.25) is 0 Å². The van der Waals surface area contributed by atoms with Crippen molar-refractivity contribution in [3.63, 3.8) is 0 Å². The van der Waals surface area contributed by atoms with E-state index < -0.39 is 0 Å². The van der Waals surface area contributed by atoms with Gasteiger partial charge in [-0.05, 0) is 17.4 Å². The first-order valence-electron chi connectivity index (χ1n) is 3.93. The third-order valence-electron chi connectivity index (χ3n) is 1.96. The van der Waals surface area contributed by atoms with E-state index in [1.807, 2.05) is 11.3 Å². The summed E-state index contributed by atoms with van der Waals surface area (Å²) in [6, 6.07) is 4.30. The zero-order valence-corrected chi connectivity index (χ0v) is 9.28. The van der Waals surface area contributed by atoms with Gasteiger partial charge in [-0.1, -0.05) is 42.3 Å². The van der Waals surface area contributed by atoms with Gasteiger partial charge in [0, 0.05) is 4.88 Å². The molecule has 2 atom stereocenters. The molecule has 1 rings (SSSR count). The van der Waals surface area contributed by atoms with Crippen molar-refractivity contribution in [3.8, 4) is 0 Å². The summed E-state index contributed by atoms with van der Waals surface area (Å²) in [7, 11) is 0. The minimum Gasteiger partial charge on any atom is -0.148 e. The lowest BCUT2D eigenvalue weighted by Gasteiger charge is -2.14. The van der Waals surface area contributed by atoms with Crippen molar-refractivity contribution >= 4 is 27.3 Å². The van der Waals surface area contributed by atoms with Gasteiger partial charge in [0.1, 0.15) is 0 Å². The molecular weight excluding hydrogens is 220 g/mol. The summed E-state index contributed by atoms with van der Waals surface area (Å²) >= 11 is 5.53. The van der Waals surface area contributed by atoms with E-state index >= 15 is 0 Å². The molecular formula is C9H13BrS.